The minimum atomic E-state index is 0.0205. The molecule has 2 nitrogen and oxygen atoms in total. The molecule has 0 radical (unpaired) electrons. The fourth-order valence-electron chi connectivity index (χ4n) is 2.49. The van der Waals surface area contributed by atoms with E-state index in [1.807, 2.05) is 37.3 Å². The van der Waals surface area contributed by atoms with Gasteiger partial charge in [0.05, 0.1) is 0 Å². The molecule has 0 spiro atoms. The van der Waals surface area contributed by atoms with E-state index in [4.69, 9.17) is 4.42 Å². The monoisotopic (exact) mass is 278 g/mol. The lowest BCUT2D eigenvalue weighted by Crippen LogP contribution is -2.02. The van der Waals surface area contributed by atoms with Gasteiger partial charge in [0.15, 0.2) is 5.76 Å². The van der Waals surface area contributed by atoms with Gasteiger partial charge in [-0.3, -0.25) is 4.79 Å². The standard InChI is InChI=1S/C19H18O2/c1-12-4-7-18-16(8-12)11-19(21-18)17(20)10-15-6-5-13(2)14(3)9-15/h4-9,11H,10H2,1-3H3. The summed E-state index contributed by atoms with van der Waals surface area (Å²) in [5.41, 5.74) is 5.41. The van der Waals surface area contributed by atoms with E-state index < -0.39 is 0 Å². The Morgan fingerprint density at radius 2 is 1.76 bits per heavy atom. The molecule has 0 amide bonds. The molecule has 0 aliphatic rings. The van der Waals surface area contributed by atoms with Crippen LogP contribution in [0.15, 0.2) is 46.9 Å². The topological polar surface area (TPSA) is 30.2 Å². The zero-order valence-electron chi connectivity index (χ0n) is 12.6. The first-order valence-corrected chi connectivity index (χ1v) is 7.12. The molecule has 0 aliphatic carbocycles. The SMILES string of the molecule is Cc1ccc2oc(C(=O)Cc3ccc(C)c(C)c3)cc2c1. The van der Waals surface area contributed by atoms with Crippen molar-refractivity contribution in [3.63, 3.8) is 0 Å². The first kappa shape index (κ1) is 13.6. The Hall–Kier alpha value is -2.35. The molecule has 3 rings (SSSR count). The molecular formula is C19H18O2. The van der Waals surface area contributed by atoms with Crippen LogP contribution in [-0.4, -0.2) is 5.78 Å². The highest BCUT2D eigenvalue weighted by Crippen LogP contribution is 2.22. The molecule has 0 bridgehead atoms. The van der Waals surface area contributed by atoms with E-state index >= 15 is 0 Å². The van der Waals surface area contributed by atoms with Crippen LogP contribution in [0.4, 0.5) is 0 Å². The maximum atomic E-state index is 12.4. The van der Waals surface area contributed by atoms with Gasteiger partial charge >= 0.3 is 0 Å². The summed E-state index contributed by atoms with van der Waals surface area (Å²) >= 11 is 0. The number of carbonyl (C=O) groups is 1. The predicted octanol–water partition coefficient (Wildman–Crippen LogP) is 4.78. The van der Waals surface area contributed by atoms with E-state index in [0.717, 1.165) is 22.1 Å². The van der Waals surface area contributed by atoms with Crippen LogP contribution in [0.1, 0.15) is 32.8 Å². The van der Waals surface area contributed by atoms with Crippen molar-refractivity contribution < 1.29 is 9.21 Å². The van der Waals surface area contributed by atoms with E-state index in [1.54, 1.807) is 0 Å². The van der Waals surface area contributed by atoms with Crippen molar-refractivity contribution in [2.45, 2.75) is 27.2 Å². The van der Waals surface area contributed by atoms with Crippen molar-refractivity contribution in [3.05, 3.63) is 70.5 Å². The molecule has 106 valence electrons. The fourth-order valence-corrected chi connectivity index (χ4v) is 2.49. The number of carbonyl (C=O) groups excluding carboxylic acids is 1. The van der Waals surface area contributed by atoms with Gasteiger partial charge in [-0.05, 0) is 55.7 Å². The first-order valence-electron chi connectivity index (χ1n) is 7.12. The molecule has 1 heterocycles. The molecule has 2 heteroatoms. The molecular weight excluding hydrogens is 260 g/mol. The molecule has 21 heavy (non-hydrogen) atoms. The lowest BCUT2D eigenvalue weighted by molar-refractivity contribution is 0.0968. The molecule has 0 N–H and O–H groups in total. The van der Waals surface area contributed by atoms with Gasteiger partial charge in [0.2, 0.25) is 5.78 Å². The summed E-state index contributed by atoms with van der Waals surface area (Å²) in [6, 6.07) is 13.9. The van der Waals surface area contributed by atoms with Gasteiger partial charge in [-0.1, -0.05) is 29.8 Å². The average Bonchev–Trinajstić information content (AvgIpc) is 2.86. The van der Waals surface area contributed by atoms with Crippen molar-refractivity contribution in [2.24, 2.45) is 0 Å². The zero-order valence-corrected chi connectivity index (χ0v) is 12.6. The van der Waals surface area contributed by atoms with Crippen molar-refractivity contribution in [1.82, 2.24) is 0 Å². The molecule has 0 unspecified atom stereocenters. The highest BCUT2D eigenvalue weighted by molar-refractivity contribution is 5.98. The minimum absolute atomic E-state index is 0.0205. The van der Waals surface area contributed by atoms with Gasteiger partial charge in [0, 0.05) is 11.8 Å². The molecule has 3 aromatic rings. The Morgan fingerprint density at radius 3 is 2.52 bits per heavy atom. The van der Waals surface area contributed by atoms with Crippen molar-refractivity contribution in [3.8, 4) is 0 Å². The van der Waals surface area contributed by atoms with E-state index in [2.05, 4.69) is 26.0 Å². The van der Waals surface area contributed by atoms with Gasteiger partial charge < -0.3 is 4.42 Å². The molecule has 0 atom stereocenters. The number of ketones is 1. The van der Waals surface area contributed by atoms with Crippen molar-refractivity contribution in [1.29, 1.82) is 0 Å². The van der Waals surface area contributed by atoms with Crippen molar-refractivity contribution >= 4 is 16.8 Å². The maximum absolute atomic E-state index is 12.4. The smallest absolute Gasteiger partial charge is 0.202 e. The Bertz CT molecular complexity index is 825. The lowest BCUT2D eigenvalue weighted by atomic mass is 10.0. The predicted molar refractivity (Wildman–Crippen MR) is 84.9 cm³/mol. The maximum Gasteiger partial charge on any atom is 0.202 e. The van der Waals surface area contributed by atoms with Crippen LogP contribution in [0.25, 0.3) is 11.0 Å². The van der Waals surface area contributed by atoms with Crippen LogP contribution in [0.3, 0.4) is 0 Å². The Morgan fingerprint density at radius 1 is 0.952 bits per heavy atom. The molecule has 2 aromatic carbocycles. The van der Waals surface area contributed by atoms with Crippen LogP contribution in [0, 0.1) is 20.8 Å². The summed E-state index contributed by atoms with van der Waals surface area (Å²) < 4.78 is 5.66. The van der Waals surface area contributed by atoms with E-state index in [1.165, 1.54) is 11.1 Å². The molecule has 0 saturated heterocycles. The summed E-state index contributed by atoms with van der Waals surface area (Å²) in [4.78, 5) is 12.4. The van der Waals surface area contributed by atoms with E-state index in [-0.39, 0.29) is 5.78 Å². The molecule has 0 fully saturated rings. The third-order valence-electron chi connectivity index (χ3n) is 3.88. The van der Waals surface area contributed by atoms with Gasteiger partial charge in [0.25, 0.3) is 0 Å². The second kappa shape index (κ2) is 5.21. The number of hydrogen-bond donors (Lipinski definition) is 0. The normalized spacial score (nSPS) is 11.0. The number of furan rings is 1. The summed E-state index contributed by atoms with van der Waals surface area (Å²) in [5, 5.41) is 0.985. The second-order valence-corrected chi connectivity index (χ2v) is 5.67. The number of Topliss-reactive ketones (excluding diaryl/α,β-unsaturated/α-hetero) is 1. The number of rotatable bonds is 3. The number of aryl methyl sites for hydroxylation is 3. The van der Waals surface area contributed by atoms with Crippen LogP contribution in [0.2, 0.25) is 0 Å². The largest absolute Gasteiger partial charge is 0.453 e. The summed E-state index contributed by atoms with van der Waals surface area (Å²) in [5.74, 6) is 0.459. The van der Waals surface area contributed by atoms with Crippen LogP contribution < -0.4 is 0 Å². The van der Waals surface area contributed by atoms with Gasteiger partial charge in [0.1, 0.15) is 5.58 Å². The highest BCUT2D eigenvalue weighted by atomic mass is 16.3. The third-order valence-corrected chi connectivity index (χ3v) is 3.88. The zero-order chi connectivity index (χ0) is 15.0. The molecule has 0 aliphatic heterocycles. The third kappa shape index (κ3) is 2.75. The van der Waals surface area contributed by atoms with Crippen LogP contribution >= 0.6 is 0 Å². The summed E-state index contributed by atoms with van der Waals surface area (Å²) in [7, 11) is 0. The fraction of sp³-hybridized carbons (Fsp3) is 0.211. The van der Waals surface area contributed by atoms with Gasteiger partial charge in [-0.2, -0.15) is 0 Å². The molecule has 0 saturated carbocycles. The Kier molecular flexibility index (Phi) is 3.38. The van der Waals surface area contributed by atoms with Crippen molar-refractivity contribution in [2.75, 3.05) is 0 Å². The Balaban J connectivity index is 1.87. The van der Waals surface area contributed by atoms with Gasteiger partial charge in [-0.15, -0.1) is 0 Å². The number of fused-ring (bicyclic) bond motifs is 1. The lowest BCUT2D eigenvalue weighted by Gasteiger charge is -2.03. The van der Waals surface area contributed by atoms with E-state index in [0.29, 0.717) is 12.2 Å². The second-order valence-electron chi connectivity index (χ2n) is 5.67. The van der Waals surface area contributed by atoms with Gasteiger partial charge in [-0.25, -0.2) is 0 Å². The Labute approximate surface area is 124 Å². The average molecular weight is 278 g/mol. The molecule has 1 aromatic heterocycles. The van der Waals surface area contributed by atoms with E-state index in [9.17, 15) is 4.79 Å². The number of hydrogen-bond acceptors (Lipinski definition) is 2. The minimum Gasteiger partial charge on any atom is -0.453 e. The quantitative estimate of drug-likeness (QED) is 0.645. The van der Waals surface area contributed by atoms with Crippen LogP contribution in [0.5, 0.6) is 0 Å². The summed E-state index contributed by atoms with van der Waals surface area (Å²) in [6.07, 6.45) is 0.375. The first-order chi connectivity index (χ1) is 10.0. The summed E-state index contributed by atoms with van der Waals surface area (Å²) in [6.45, 7) is 6.17. The van der Waals surface area contributed by atoms with Crippen LogP contribution in [-0.2, 0) is 6.42 Å². The number of benzene rings is 2. The highest BCUT2D eigenvalue weighted by Gasteiger charge is 2.13.